The molecule has 0 bridgehead atoms. The topological polar surface area (TPSA) is 38.9 Å². The van der Waals surface area contributed by atoms with Crippen molar-refractivity contribution in [3.8, 4) is 0 Å². The van der Waals surface area contributed by atoms with Crippen LogP contribution in [-0.2, 0) is 0 Å². The standard InChI is InChI=1S/C11H11ClN2S/c1-7-6-14-11(15-7)10(13)8-4-2-3-5-9(8)12/h2-6,10H,13H2,1H3. The zero-order valence-corrected chi connectivity index (χ0v) is 9.85. The summed E-state index contributed by atoms with van der Waals surface area (Å²) in [5, 5.41) is 1.60. The van der Waals surface area contributed by atoms with Crippen molar-refractivity contribution in [1.82, 2.24) is 4.98 Å². The van der Waals surface area contributed by atoms with E-state index in [1.807, 2.05) is 37.4 Å². The molecule has 4 heteroatoms. The number of aryl methyl sites for hydroxylation is 1. The largest absolute Gasteiger partial charge is 0.318 e. The Balaban J connectivity index is 2.36. The highest BCUT2D eigenvalue weighted by atomic mass is 35.5. The van der Waals surface area contributed by atoms with E-state index in [0.717, 1.165) is 15.4 Å². The number of halogens is 1. The van der Waals surface area contributed by atoms with Crippen LogP contribution in [0.1, 0.15) is 21.5 Å². The first kappa shape index (κ1) is 10.6. The van der Waals surface area contributed by atoms with E-state index in [4.69, 9.17) is 17.3 Å². The zero-order chi connectivity index (χ0) is 10.8. The smallest absolute Gasteiger partial charge is 0.114 e. The van der Waals surface area contributed by atoms with Crippen LogP contribution in [0.25, 0.3) is 0 Å². The lowest BCUT2D eigenvalue weighted by Gasteiger charge is -2.10. The highest BCUT2D eigenvalue weighted by Gasteiger charge is 2.14. The summed E-state index contributed by atoms with van der Waals surface area (Å²) in [6.45, 7) is 2.01. The van der Waals surface area contributed by atoms with Gasteiger partial charge in [0.25, 0.3) is 0 Å². The van der Waals surface area contributed by atoms with Crippen molar-refractivity contribution in [1.29, 1.82) is 0 Å². The van der Waals surface area contributed by atoms with Gasteiger partial charge in [-0.05, 0) is 18.6 Å². The van der Waals surface area contributed by atoms with Crippen LogP contribution in [0.2, 0.25) is 5.02 Å². The normalized spacial score (nSPS) is 12.7. The fourth-order valence-electron chi connectivity index (χ4n) is 1.38. The summed E-state index contributed by atoms with van der Waals surface area (Å²) in [5.41, 5.74) is 7.02. The lowest BCUT2D eigenvalue weighted by molar-refractivity contribution is 0.858. The van der Waals surface area contributed by atoms with Gasteiger partial charge in [-0.3, -0.25) is 0 Å². The molecule has 0 aliphatic carbocycles. The van der Waals surface area contributed by atoms with Gasteiger partial charge in [-0.25, -0.2) is 4.98 Å². The molecule has 1 heterocycles. The summed E-state index contributed by atoms with van der Waals surface area (Å²) in [7, 11) is 0. The first-order valence-electron chi connectivity index (χ1n) is 4.61. The van der Waals surface area contributed by atoms with Crippen LogP contribution in [-0.4, -0.2) is 4.98 Å². The molecule has 15 heavy (non-hydrogen) atoms. The molecule has 0 saturated carbocycles. The van der Waals surface area contributed by atoms with E-state index in [2.05, 4.69) is 4.98 Å². The molecule has 0 radical (unpaired) electrons. The average molecular weight is 239 g/mol. The van der Waals surface area contributed by atoms with Gasteiger partial charge in [-0.2, -0.15) is 0 Å². The summed E-state index contributed by atoms with van der Waals surface area (Å²) in [6.07, 6.45) is 1.83. The first-order valence-corrected chi connectivity index (χ1v) is 5.80. The molecule has 2 rings (SSSR count). The summed E-state index contributed by atoms with van der Waals surface area (Å²) >= 11 is 7.68. The van der Waals surface area contributed by atoms with E-state index in [1.165, 1.54) is 0 Å². The number of rotatable bonds is 2. The number of hydrogen-bond donors (Lipinski definition) is 1. The molecule has 0 saturated heterocycles. The number of hydrogen-bond acceptors (Lipinski definition) is 3. The quantitative estimate of drug-likeness (QED) is 0.873. The molecule has 1 unspecified atom stereocenters. The van der Waals surface area contributed by atoms with Gasteiger partial charge in [0.2, 0.25) is 0 Å². The molecule has 2 N–H and O–H groups in total. The highest BCUT2D eigenvalue weighted by Crippen LogP contribution is 2.28. The third-order valence-corrected chi connectivity index (χ3v) is 3.49. The molecular formula is C11H11ClN2S. The van der Waals surface area contributed by atoms with Gasteiger partial charge in [-0.1, -0.05) is 29.8 Å². The fraction of sp³-hybridized carbons (Fsp3) is 0.182. The number of aromatic nitrogens is 1. The fourth-order valence-corrected chi connectivity index (χ4v) is 2.42. The van der Waals surface area contributed by atoms with E-state index in [1.54, 1.807) is 11.3 Å². The Morgan fingerprint density at radius 3 is 2.73 bits per heavy atom. The van der Waals surface area contributed by atoms with Crippen molar-refractivity contribution in [2.24, 2.45) is 5.73 Å². The minimum atomic E-state index is -0.225. The lowest BCUT2D eigenvalue weighted by Crippen LogP contribution is -2.11. The summed E-state index contributed by atoms with van der Waals surface area (Å²) in [5.74, 6) is 0. The predicted octanol–water partition coefficient (Wildman–Crippen LogP) is 3.15. The Labute approximate surface area is 97.7 Å². The predicted molar refractivity (Wildman–Crippen MR) is 64.3 cm³/mol. The molecule has 0 aliphatic heterocycles. The maximum atomic E-state index is 6.09. The number of nitrogens with two attached hydrogens (primary N) is 1. The van der Waals surface area contributed by atoms with E-state index < -0.39 is 0 Å². The van der Waals surface area contributed by atoms with Crippen molar-refractivity contribution in [2.75, 3.05) is 0 Å². The molecule has 0 spiro atoms. The Hall–Kier alpha value is -0.900. The Morgan fingerprint density at radius 2 is 2.13 bits per heavy atom. The average Bonchev–Trinajstić information content (AvgIpc) is 2.65. The van der Waals surface area contributed by atoms with Gasteiger partial charge < -0.3 is 5.73 Å². The molecule has 2 nitrogen and oxygen atoms in total. The SMILES string of the molecule is Cc1cnc(C(N)c2ccccc2Cl)s1. The Bertz CT molecular complexity index is 467. The zero-order valence-electron chi connectivity index (χ0n) is 8.27. The van der Waals surface area contributed by atoms with Crippen LogP contribution >= 0.6 is 22.9 Å². The van der Waals surface area contributed by atoms with Crippen molar-refractivity contribution < 1.29 is 0 Å². The van der Waals surface area contributed by atoms with Gasteiger partial charge in [0, 0.05) is 16.1 Å². The van der Waals surface area contributed by atoms with Crippen molar-refractivity contribution >= 4 is 22.9 Å². The second-order valence-corrected chi connectivity index (χ2v) is 4.98. The number of nitrogens with zero attached hydrogens (tertiary/aromatic N) is 1. The van der Waals surface area contributed by atoms with E-state index in [0.29, 0.717) is 5.02 Å². The Kier molecular flexibility index (Phi) is 3.05. The van der Waals surface area contributed by atoms with Crippen molar-refractivity contribution in [2.45, 2.75) is 13.0 Å². The van der Waals surface area contributed by atoms with Crippen LogP contribution in [0.15, 0.2) is 30.5 Å². The van der Waals surface area contributed by atoms with Gasteiger partial charge in [-0.15, -0.1) is 11.3 Å². The minimum Gasteiger partial charge on any atom is -0.318 e. The highest BCUT2D eigenvalue weighted by molar-refractivity contribution is 7.11. The van der Waals surface area contributed by atoms with Crippen molar-refractivity contribution in [3.63, 3.8) is 0 Å². The third kappa shape index (κ3) is 2.20. The maximum absolute atomic E-state index is 6.09. The molecule has 1 aromatic heterocycles. The molecule has 1 atom stereocenters. The molecule has 1 aromatic carbocycles. The van der Waals surface area contributed by atoms with Gasteiger partial charge >= 0.3 is 0 Å². The van der Waals surface area contributed by atoms with Crippen LogP contribution in [0.3, 0.4) is 0 Å². The van der Waals surface area contributed by atoms with Gasteiger partial charge in [0.05, 0.1) is 6.04 Å². The third-order valence-electron chi connectivity index (χ3n) is 2.15. The Morgan fingerprint density at radius 1 is 1.40 bits per heavy atom. The summed E-state index contributed by atoms with van der Waals surface area (Å²) < 4.78 is 0. The van der Waals surface area contributed by atoms with E-state index in [-0.39, 0.29) is 6.04 Å². The van der Waals surface area contributed by atoms with E-state index in [9.17, 15) is 0 Å². The van der Waals surface area contributed by atoms with Crippen LogP contribution in [0, 0.1) is 6.92 Å². The summed E-state index contributed by atoms with van der Waals surface area (Å²) in [6, 6.07) is 7.38. The van der Waals surface area contributed by atoms with Gasteiger partial charge in [0.15, 0.2) is 0 Å². The first-order chi connectivity index (χ1) is 7.18. The second kappa shape index (κ2) is 4.31. The number of thiazole rings is 1. The van der Waals surface area contributed by atoms with Crippen LogP contribution in [0.4, 0.5) is 0 Å². The number of benzene rings is 1. The maximum Gasteiger partial charge on any atom is 0.114 e. The minimum absolute atomic E-state index is 0.225. The molecule has 0 fully saturated rings. The molecule has 2 aromatic rings. The molecule has 0 amide bonds. The molecule has 0 aliphatic rings. The van der Waals surface area contributed by atoms with Crippen molar-refractivity contribution in [3.05, 3.63) is 50.9 Å². The van der Waals surface area contributed by atoms with Crippen LogP contribution < -0.4 is 5.73 Å². The van der Waals surface area contributed by atoms with E-state index >= 15 is 0 Å². The molecular weight excluding hydrogens is 228 g/mol. The van der Waals surface area contributed by atoms with Crippen LogP contribution in [0.5, 0.6) is 0 Å². The molecule has 78 valence electrons. The van der Waals surface area contributed by atoms with Gasteiger partial charge in [0.1, 0.15) is 5.01 Å². The summed E-state index contributed by atoms with van der Waals surface area (Å²) in [4.78, 5) is 5.43. The second-order valence-electron chi connectivity index (χ2n) is 3.31. The lowest BCUT2D eigenvalue weighted by atomic mass is 10.1. The monoisotopic (exact) mass is 238 g/mol.